The monoisotopic (exact) mass is 259 g/mol. The molecule has 0 aliphatic heterocycles. The van der Waals surface area contributed by atoms with Crippen LogP contribution in [-0.4, -0.2) is 24.9 Å². The summed E-state index contributed by atoms with van der Waals surface area (Å²) >= 11 is 0. The zero-order chi connectivity index (χ0) is 13.2. The molecule has 0 unspecified atom stereocenters. The van der Waals surface area contributed by atoms with Crippen molar-refractivity contribution in [2.24, 2.45) is 12.8 Å². The fourth-order valence-electron chi connectivity index (χ4n) is 1.34. The van der Waals surface area contributed by atoms with E-state index >= 15 is 0 Å². The molecular weight excluding hydrogens is 242 g/mol. The molecule has 6 nitrogen and oxygen atoms in total. The average Bonchev–Trinajstić information content (AvgIpc) is 2.60. The van der Waals surface area contributed by atoms with Crippen LogP contribution in [0.1, 0.15) is 30.8 Å². The Hall–Kier alpha value is -1.34. The number of primary amides is 1. The number of nitrogens with two attached hydrogens (primary N) is 1. The van der Waals surface area contributed by atoms with Gasteiger partial charge in [-0.15, -0.1) is 0 Å². The second-order valence-electron chi connectivity index (χ2n) is 3.97. The summed E-state index contributed by atoms with van der Waals surface area (Å²) in [5, 5.41) is 0. The summed E-state index contributed by atoms with van der Waals surface area (Å²) < 4.78 is 27.7. The summed E-state index contributed by atoms with van der Waals surface area (Å²) in [6, 6.07) is 1.12. The Bertz CT molecular complexity index is 519. The Morgan fingerprint density at radius 3 is 2.59 bits per heavy atom. The van der Waals surface area contributed by atoms with Crippen LogP contribution >= 0.6 is 0 Å². The van der Waals surface area contributed by atoms with Crippen LogP contribution in [0.5, 0.6) is 0 Å². The lowest BCUT2D eigenvalue weighted by atomic mass is 10.3. The van der Waals surface area contributed by atoms with Crippen LogP contribution in [-0.2, 0) is 17.1 Å². The van der Waals surface area contributed by atoms with Crippen LogP contribution in [0.2, 0.25) is 0 Å². The van der Waals surface area contributed by atoms with E-state index in [0.717, 1.165) is 0 Å². The van der Waals surface area contributed by atoms with Gasteiger partial charge in [0, 0.05) is 19.3 Å². The molecule has 7 heteroatoms. The van der Waals surface area contributed by atoms with Crippen LogP contribution in [0.25, 0.3) is 0 Å². The molecule has 0 radical (unpaired) electrons. The van der Waals surface area contributed by atoms with E-state index < -0.39 is 15.9 Å². The summed E-state index contributed by atoms with van der Waals surface area (Å²) in [5.74, 6) is -0.655. The molecule has 1 heterocycles. The molecular formula is C10H17N3O3S. The van der Waals surface area contributed by atoms with E-state index in [9.17, 15) is 13.2 Å². The summed E-state index contributed by atoms with van der Waals surface area (Å²) in [4.78, 5) is 11.1. The second-order valence-corrected chi connectivity index (χ2v) is 5.68. The van der Waals surface area contributed by atoms with Crippen molar-refractivity contribution in [1.82, 2.24) is 9.29 Å². The van der Waals surface area contributed by atoms with E-state index in [1.54, 1.807) is 14.0 Å². The van der Waals surface area contributed by atoms with Gasteiger partial charge in [0.2, 0.25) is 10.0 Å². The molecule has 3 N–H and O–H groups in total. The summed E-state index contributed by atoms with van der Waals surface area (Å²) in [6.45, 7) is 3.66. The number of carbonyl (C=O) groups excluding carboxylic acids is 1. The van der Waals surface area contributed by atoms with E-state index in [0.29, 0.717) is 6.42 Å². The molecule has 1 amide bonds. The molecule has 0 aliphatic rings. The fraction of sp³-hybridized carbons (Fsp3) is 0.500. The molecule has 96 valence electrons. The van der Waals surface area contributed by atoms with Gasteiger partial charge in [0.1, 0.15) is 10.6 Å². The molecule has 0 fully saturated rings. The molecule has 0 aromatic carbocycles. The zero-order valence-corrected chi connectivity index (χ0v) is 10.9. The second kappa shape index (κ2) is 4.89. The van der Waals surface area contributed by atoms with Crippen molar-refractivity contribution in [3.63, 3.8) is 0 Å². The summed E-state index contributed by atoms with van der Waals surface area (Å²) in [6.07, 6.45) is 2.06. The van der Waals surface area contributed by atoms with E-state index in [1.807, 2.05) is 6.92 Å². The first-order valence-electron chi connectivity index (χ1n) is 5.26. The summed E-state index contributed by atoms with van der Waals surface area (Å²) in [7, 11) is -2.01. The Kier molecular flexibility index (Phi) is 3.94. The first kappa shape index (κ1) is 13.7. The molecule has 0 saturated carbocycles. The number of aryl methyl sites for hydroxylation is 1. The molecule has 1 aromatic rings. The molecule has 0 spiro atoms. The molecule has 1 atom stereocenters. The largest absolute Gasteiger partial charge is 0.364 e. The standard InChI is InChI=1S/C10H17N3O3S/c1-4-7(2)12-17(15,16)8-5-9(10(11)14)13(3)6-8/h5-7,12H,4H2,1-3H3,(H2,11,14)/t7-/m1/s1. The number of sulfonamides is 1. The smallest absolute Gasteiger partial charge is 0.265 e. The van der Waals surface area contributed by atoms with E-state index in [1.165, 1.54) is 16.8 Å². The van der Waals surface area contributed by atoms with Crippen molar-refractivity contribution in [1.29, 1.82) is 0 Å². The van der Waals surface area contributed by atoms with E-state index in [4.69, 9.17) is 5.73 Å². The number of rotatable bonds is 5. The van der Waals surface area contributed by atoms with Crippen LogP contribution < -0.4 is 10.5 Å². The minimum atomic E-state index is -3.59. The van der Waals surface area contributed by atoms with Crippen LogP contribution in [0, 0.1) is 0 Å². The predicted octanol–water partition coefficient (Wildman–Crippen LogP) is 0.201. The number of nitrogens with zero attached hydrogens (tertiary/aromatic N) is 1. The molecule has 17 heavy (non-hydrogen) atoms. The number of nitrogens with one attached hydrogen (secondary N) is 1. The van der Waals surface area contributed by atoms with Gasteiger partial charge in [0.05, 0.1) is 0 Å². The maximum absolute atomic E-state index is 11.9. The van der Waals surface area contributed by atoms with E-state index in [-0.39, 0.29) is 16.6 Å². The molecule has 0 saturated heterocycles. The minimum Gasteiger partial charge on any atom is -0.364 e. The van der Waals surface area contributed by atoms with Crippen LogP contribution in [0.4, 0.5) is 0 Å². The van der Waals surface area contributed by atoms with Gasteiger partial charge in [-0.25, -0.2) is 13.1 Å². The van der Waals surface area contributed by atoms with Crippen LogP contribution in [0.3, 0.4) is 0 Å². The van der Waals surface area contributed by atoms with Gasteiger partial charge >= 0.3 is 0 Å². The lowest BCUT2D eigenvalue weighted by molar-refractivity contribution is 0.0992. The van der Waals surface area contributed by atoms with Gasteiger partial charge in [-0.3, -0.25) is 4.79 Å². The lowest BCUT2D eigenvalue weighted by Gasteiger charge is -2.10. The van der Waals surface area contributed by atoms with Gasteiger partial charge in [0.15, 0.2) is 0 Å². The molecule has 1 aromatic heterocycles. The van der Waals surface area contributed by atoms with Gasteiger partial charge in [-0.05, 0) is 19.4 Å². The van der Waals surface area contributed by atoms with Crippen molar-refractivity contribution in [3.05, 3.63) is 18.0 Å². The van der Waals surface area contributed by atoms with Crippen molar-refractivity contribution in [3.8, 4) is 0 Å². The average molecular weight is 259 g/mol. The molecule has 1 rings (SSSR count). The highest BCUT2D eigenvalue weighted by molar-refractivity contribution is 7.89. The Labute approximate surface area is 101 Å². The predicted molar refractivity (Wildman–Crippen MR) is 64.0 cm³/mol. The van der Waals surface area contributed by atoms with E-state index in [2.05, 4.69) is 4.72 Å². The normalized spacial score (nSPS) is 13.6. The number of hydrogen-bond donors (Lipinski definition) is 2. The van der Waals surface area contributed by atoms with Crippen molar-refractivity contribution in [2.45, 2.75) is 31.2 Å². The Morgan fingerprint density at radius 1 is 1.59 bits per heavy atom. The number of amides is 1. The van der Waals surface area contributed by atoms with Gasteiger partial charge in [-0.2, -0.15) is 0 Å². The summed E-state index contributed by atoms with van der Waals surface area (Å²) in [5.41, 5.74) is 5.29. The maximum atomic E-state index is 11.9. The number of carbonyl (C=O) groups is 1. The highest BCUT2D eigenvalue weighted by Crippen LogP contribution is 2.13. The van der Waals surface area contributed by atoms with Gasteiger partial charge < -0.3 is 10.3 Å². The quantitative estimate of drug-likeness (QED) is 0.791. The fourth-order valence-corrected chi connectivity index (χ4v) is 2.74. The first-order valence-corrected chi connectivity index (χ1v) is 6.74. The third kappa shape index (κ3) is 3.07. The SMILES string of the molecule is CC[C@@H](C)NS(=O)(=O)c1cc(C(N)=O)n(C)c1. The van der Waals surface area contributed by atoms with Crippen LogP contribution in [0.15, 0.2) is 17.2 Å². The Morgan fingerprint density at radius 2 is 2.18 bits per heavy atom. The number of hydrogen-bond acceptors (Lipinski definition) is 3. The third-order valence-electron chi connectivity index (χ3n) is 2.51. The first-order chi connectivity index (χ1) is 7.77. The maximum Gasteiger partial charge on any atom is 0.265 e. The van der Waals surface area contributed by atoms with Gasteiger partial charge in [0.25, 0.3) is 5.91 Å². The highest BCUT2D eigenvalue weighted by Gasteiger charge is 2.20. The van der Waals surface area contributed by atoms with Crippen molar-refractivity contribution < 1.29 is 13.2 Å². The van der Waals surface area contributed by atoms with Crippen molar-refractivity contribution >= 4 is 15.9 Å². The third-order valence-corrected chi connectivity index (χ3v) is 4.07. The zero-order valence-electron chi connectivity index (χ0n) is 10.1. The lowest BCUT2D eigenvalue weighted by Crippen LogP contribution is -2.31. The van der Waals surface area contributed by atoms with Crippen molar-refractivity contribution in [2.75, 3.05) is 0 Å². The topological polar surface area (TPSA) is 94.2 Å². The highest BCUT2D eigenvalue weighted by atomic mass is 32.2. The Balaban J connectivity index is 3.08. The molecule has 0 aliphatic carbocycles. The molecule has 0 bridgehead atoms. The number of aromatic nitrogens is 1. The minimum absolute atomic E-state index is 0.0501. The van der Waals surface area contributed by atoms with Gasteiger partial charge in [-0.1, -0.05) is 6.92 Å².